The van der Waals surface area contributed by atoms with Gasteiger partial charge in [0, 0.05) is 24.9 Å². The van der Waals surface area contributed by atoms with E-state index < -0.39 is 0 Å². The molecule has 0 aromatic carbocycles. The lowest BCUT2D eigenvalue weighted by Crippen LogP contribution is -2.09. The molecule has 2 aromatic heterocycles. The molecule has 0 bridgehead atoms. The smallest absolute Gasteiger partial charge is 0.182 e. The summed E-state index contributed by atoms with van der Waals surface area (Å²) in [5.74, 6) is 2.17. The van der Waals surface area contributed by atoms with Crippen LogP contribution in [0.4, 0.5) is 5.82 Å². The molecule has 1 aliphatic rings. The highest BCUT2D eigenvalue weighted by molar-refractivity contribution is 14.1. The molecule has 2 aromatic rings. The highest BCUT2D eigenvalue weighted by Gasteiger charge is 2.29. The highest BCUT2D eigenvalue weighted by atomic mass is 127. The van der Waals surface area contributed by atoms with E-state index >= 15 is 0 Å². The standard InChI is InChI=1S/C14H16IN5/c1-2-5-18-14-11(15)12(9-3-4-9)19-13(20-14)10-8-16-6-7-17-10/h6-9H,2-5H2,1H3,(H,18,19,20). The van der Waals surface area contributed by atoms with Crippen molar-refractivity contribution < 1.29 is 0 Å². The van der Waals surface area contributed by atoms with Crippen molar-refractivity contribution in [3.8, 4) is 11.5 Å². The maximum Gasteiger partial charge on any atom is 0.182 e. The zero-order valence-electron chi connectivity index (χ0n) is 11.3. The van der Waals surface area contributed by atoms with Gasteiger partial charge in [-0.1, -0.05) is 6.92 Å². The van der Waals surface area contributed by atoms with Gasteiger partial charge < -0.3 is 5.32 Å². The van der Waals surface area contributed by atoms with E-state index in [9.17, 15) is 0 Å². The summed E-state index contributed by atoms with van der Waals surface area (Å²) in [5, 5.41) is 3.39. The number of rotatable bonds is 5. The molecule has 1 N–H and O–H groups in total. The maximum atomic E-state index is 4.71. The number of hydrogen-bond acceptors (Lipinski definition) is 5. The van der Waals surface area contributed by atoms with Crippen molar-refractivity contribution in [3.05, 3.63) is 27.9 Å². The fraction of sp³-hybridized carbons (Fsp3) is 0.429. The zero-order valence-corrected chi connectivity index (χ0v) is 13.5. The number of anilines is 1. The Kier molecular flexibility index (Phi) is 4.09. The fourth-order valence-electron chi connectivity index (χ4n) is 1.98. The van der Waals surface area contributed by atoms with Crippen molar-refractivity contribution in [2.45, 2.75) is 32.1 Å². The Labute approximate surface area is 131 Å². The van der Waals surface area contributed by atoms with E-state index in [2.05, 4.69) is 49.8 Å². The molecule has 20 heavy (non-hydrogen) atoms. The van der Waals surface area contributed by atoms with E-state index in [-0.39, 0.29) is 0 Å². The van der Waals surface area contributed by atoms with E-state index in [0.29, 0.717) is 11.7 Å². The van der Waals surface area contributed by atoms with Crippen molar-refractivity contribution in [1.82, 2.24) is 19.9 Å². The van der Waals surface area contributed by atoms with Crippen molar-refractivity contribution in [2.75, 3.05) is 11.9 Å². The quantitative estimate of drug-likeness (QED) is 0.806. The normalized spacial score (nSPS) is 14.3. The Morgan fingerprint density at radius 2 is 2.15 bits per heavy atom. The maximum absolute atomic E-state index is 4.71. The van der Waals surface area contributed by atoms with Crippen LogP contribution in [0.15, 0.2) is 18.6 Å². The van der Waals surface area contributed by atoms with Crippen LogP contribution in [0.3, 0.4) is 0 Å². The van der Waals surface area contributed by atoms with Crippen LogP contribution in [0.1, 0.15) is 37.8 Å². The largest absolute Gasteiger partial charge is 0.369 e. The summed E-state index contributed by atoms with van der Waals surface area (Å²) in [5.41, 5.74) is 1.88. The number of aromatic nitrogens is 4. The molecule has 3 rings (SSSR count). The molecule has 0 spiro atoms. The molecule has 0 radical (unpaired) electrons. The second-order valence-electron chi connectivity index (χ2n) is 4.89. The monoisotopic (exact) mass is 381 g/mol. The molecule has 0 saturated heterocycles. The predicted octanol–water partition coefficient (Wildman–Crippen LogP) is 3.24. The molecule has 2 heterocycles. The minimum absolute atomic E-state index is 0.586. The fourth-order valence-corrected chi connectivity index (χ4v) is 2.85. The van der Waals surface area contributed by atoms with Crippen LogP contribution in [-0.2, 0) is 0 Å². The Bertz CT molecular complexity index is 598. The molecule has 0 unspecified atom stereocenters. The molecule has 0 aliphatic heterocycles. The summed E-state index contributed by atoms with van der Waals surface area (Å²) in [6, 6.07) is 0. The van der Waals surface area contributed by atoms with E-state index in [4.69, 9.17) is 4.98 Å². The first-order chi connectivity index (χ1) is 9.79. The van der Waals surface area contributed by atoms with Crippen molar-refractivity contribution in [3.63, 3.8) is 0 Å². The van der Waals surface area contributed by atoms with Crippen molar-refractivity contribution >= 4 is 28.4 Å². The van der Waals surface area contributed by atoms with Crippen LogP contribution < -0.4 is 5.32 Å². The molecular weight excluding hydrogens is 365 g/mol. The van der Waals surface area contributed by atoms with Crippen LogP contribution in [0.5, 0.6) is 0 Å². The number of nitrogens with one attached hydrogen (secondary N) is 1. The van der Waals surface area contributed by atoms with Gasteiger partial charge in [-0.15, -0.1) is 0 Å². The van der Waals surface area contributed by atoms with Gasteiger partial charge in [-0.2, -0.15) is 0 Å². The van der Waals surface area contributed by atoms with Gasteiger partial charge in [0.15, 0.2) is 5.82 Å². The van der Waals surface area contributed by atoms with E-state index in [0.717, 1.165) is 33.7 Å². The molecule has 1 aliphatic carbocycles. The van der Waals surface area contributed by atoms with Crippen LogP contribution in [-0.4, -0.2) is 26.5 Å². The lowest BCUT2D eigenvalue weighted by Gasteiger charge is -2.12. The van der Waals surface area contributed by atoms with Crippen molar-refractivity contribution in [1.29, 1.82) is 0 Å². The minimum atomic E-state index is 0.586. The minimum Gasteiger partial charge on any atom is -0.369 e. The van der Waals surface area contributed by atoms with Crippen LogP contribution in [0, 0.1) is 3.57 Å². The van der Waals surface area contributed by atoms with Gasteiger partial charge in [0.05, 0.1) is 15.5 Å². The van der Waals surface area contributed by atoms with Gasteiger partial charge in [-0.05, 0) is 41.9 Å². The molecule has 1 saturated carbocycles. The molecule has 1 fully saturated rings. The summed E-state index contributed by atoms with van der Waals surface area (Å²) in [7, 11) is 0. The van der Waals surface area contributed by atoms with Crippen LogP contribution in [0.2, 0.25) is 0 Å². The van der Waals surface area contributed by atoms with Gasteiger partial charge in [0.1, 0.15) is 11.5 Å². The topological polar surface area (TPSA) is 63.6 Å². The summed E-state index contributed by atoms with van der Waals surface area (Å²) in [6.45, 7) is 3.06. The molecular formula is C14H16IN5. The number of nitrogens with zero attached hydrogens (tertiary/aromatic N) is 4. The van der Waals surface area contributed by atoms with E-state index in [1.54, 1.807) is 18.6 Å². The van der Waals surface area contributed by atoms with Gasteiger partial charge in [0.2, 0.25) is 0 Å². The third kappa shape index (κ3) is 2.89. The SMILES string of the molecule is CCCNc1nc(-c2cnccn2)nc(C2CC2)c1I. The summed E-state index contributed by atoms with van der Waals surface area (Å²) in [6.07, 6.45) is 8.56. The Morgan fingerprint density at radius 1 is 1.30 bits per heavy atom. The van der Waals surface area contributed by atoms with Crippen LogP contribution in [0.25, 0.3) is 11.5 Å². The highest BCUT2D eigenvalue weighted by Crippen LogP contribution is 2.42. The second kappa shape index (κ2) is 5.99. The molecule has 0 atom stereocenters. The Morgan fingerprint density at radius 3 is 2.80 bits per heavy atom. The second-order valence-corrected chi connectivity index (χ2v) is 5.97. The first-order valence-corrected chi connectivity index (χ1v) is 7.95. The molecule has 0 amide bonds. The van der Waals surface area contributed by atoms with Gasteiger partial charge in [-0.25, -0.2) is 15.0 Å². The zero-order chi connectivity index (χ0) is 13.9. The summed E-state index contributed by atoms with van der Waals surface area (Å²) < 4.78 is 1.14. The Hall–Kier alpha value is -1.31. The van der Waals surface area contributed by atoms with E-state index in [1.807, 2.05) is 0 Å². The first-order valence-electron chi connectivity index (χ1n) is 6.87. The van der Waals surface area contributed by atoms with Crippen LogP contribution >= 0.6 is 22.6 Å². The van der Waals surface area contributed by atoms with Crippen molar-refractivity contribution in [2.24, 2.45) is 0 Å². The van der Waals surface area contributed by atoms with E-state index in [1.165, 1.54) is 12.8 Å². The lowest BCUT2D eigenvalue weighted by atomic mass is 10.2. The average Bonchev–Trinajstić information content (AvgIpc) is 3.32. The van der Waals surface area contributed by atoms with Gasteiger partial charge >= 0.3 is 0 Å². The lowest BCUT2D eigenvalue weighted by molar-refractivity contribution is 0.934. The Balaban J connectivity index is 2.03. The van der Waals surface area contributed by atoms with Gasteiger partial charge in [-0.3, -0.25) is 4.98 Å². The summed E-state index contributed by atoms with van der Waals surface area (Å²) >= 11 is 2.35. The third-order valence-electron chi connectivity index (χ3n) is 3.18. The molecule has 5 nitrogen and oxygen atoms in total. The molecule has 6 heteroatoms. The number of halogens is 1. The molecule has 104 valence electrons. The third-order valence-corrected chi connectivity index (χ3v) is 4.24. The summed E-state index contributed by atoms with van der Waals surface area (Å²) in [4.78, 5) is 17.7. The van der Waals surface area contributed by atoms with Gasteiger partial charge in [0.25, 0.3) is 0 Å². The number of hydrogen-bond donors (Lipinski definition) is 1. The predicted molar refractivity (Wildman–Crippen MR) is 86.5 cm³/mol. The average molecular weight is 381 g/mol. The first kappa shape index (κ1) is 13.7.